The Morgan fingerprint density at radius 1 is 1.27 bits per heavy atom. The van der Waals surface area contributed by atoms with Gasteiger partial charge in [-0.1, -0.05) is 13.8 Å². The molecule has 1 rings (SSSR count). The highest BCUT2D eigenvalue weighted by Gasteiger charge is 2.51. The van der Waals surface area contributed by atoms with Crippen LogP contribution in [-0.2, 0) is 9.47 Å². The van der Waals surface area contributed by atoms with E-state index in [4.69, 9.17) is 9.47 Å². The zero-order valence-electron chi connectivity index (χ0n) is 15.3. The molecule has 2 unspecified atom stereocenters. The summed E-state index contributed by atoms with van der Waals surface area (Å²) in [6.45, 7) is 15.3. The van der Waals surface area contributed by atoms with Crippen LogP contribution in [-0.4, -0.2) is 45.7 Å². The average Bonchev–Trinajstić information content (AvgIpc) is 2.44. The molecule has 3 atom stereocenters. The Kier molecular flexibility index (Phi) is 5.90. The Hall–Kier alpha value is -0.810. The first-order valence-electron chi connectivity index (χ1n) is 8.21. The Bertz CT molecular complexity index is 385. The molecule has 5 heteroatoms. The maximum absolute atomic E-state index is 12.7. The molecule has 0 bridgehead atoms. The van der Waals surface area contributed by atoms with E-state index in [0.717, 1.165) is 6.42 Å². The highest BCUT2D eigenvalue weighted by molar-refractivity contribution is 5.70. The molecule has 130 valence electrons. The summed E-state index contributed by atoms with van der Waals surface area (Å²) in [5.41, 5.74) is -1.28. The highest BCUT2D eigenvalue weighted by atomic mass is 16.6. The highest BCUT2D eigenvalue weighted by Crippen LogP contribution is 2.38. The maximum Gasteiger partial charge on any atom is 0.412 e. The van der Waals surface area contributed by atoms with Crippen molar-refractivity contribution in [2.24, 2.45) is 5.92 Å². The summed E-state index contributed by atoms with van der Waals surface area (Å²) in [6.07, 6.45) is 0.343. The number of aliphatic hydroxyl groups excluding tert-OH is 1. The van der Waals surface area contributed by atoms with Gasteiger partial charge >= 0.3 is 6.09 Å². The first kappa shape index (κ1) is 19.2. The second-order valence-electron chi connectivity index (χ2n) is 8.24. The molecule has 0 aliphatic carbocycles. The smallest absolute Gasteiger partial charge is 0.412 e. The maximum atomic E-state index is 12.7. The third kappa shape index (κ3) is 5.13. The van der Waals surface area contributed by atoms with Gasteiger partial charge in [0.1, 0.15) is 11.3 Å². The number of carbonyl (C=O) groups is 1. The van der Waals surface area contributed by atoms with Gasteiger partial charge in [0, 0.05) is 6.42 Å². The lowest BCUT2D eigenvalue weighted by atomic mass is 9.95. The predicted octanol–water partition coefficient (Wildman–Crippen LogP) is 3.54. The van der Waals surface area contributed by atoms with Crippen molar-refractivity contribution in [1.29, 1.82) is 0 Å². The van der Waals surface area contributed by atoms with E-state index in [0.29, 0.717) is 12.3 Å². The Labute approximate surface area is 135 Å². The zero-order valence-corrected chi connectivity index (χ0v) is 15.3. The Balaban J connectivity index is 3.04. The van der Waals surface area contributed by atoms with Crippen LogP contribution in [0.4, 0.5) is 4.79 Å². The monoisotopic (exact) mass is 315 g/mol. The van der Waals surface area contributed by atoms with Gasteiger partial charge in [0.2, 0.25) is 0 Å². The number of hydrogen-bond donors (Lipinski definition) is 1. The van der Waals surface area contributed by atoms with E-state index in [9.17, 15) is 9.90 Å². The molecule has 0 aromatic rings. The van der Waals surface area contributed by atoms with Crippen molar-refractivity contribution in [3.63, 3.8) is 0 Å². The van der Waals surface area contributed by atoms with Gasteiger partial charge in [-0.15, -0.1) is 0 Å². The van der Waals surface area contributed by atoms with Crippen LogP contribution in [0.5, 0.6) is 0 Å². The van der Waals surface area contributed by atoms with Gasteiger partial charge in [0.05, 0.1) is 18.2 Å². The van der Waals surface area contributed by atoms with Gasteiger partial charge < -0.3 is 14.6 Å². The summed E-state index contributed by atoms with van der Waals surface area (Å²) in [4.78, 5) is 14.4. The third-order valence-electron chi connectivity index (χ3n) is 3.66. The van der Waals surface area contributed by atoms with E-state index < -0.39 is 17.4 Å². The van der Waals surface area contributed by atoms with Gasteiger partial charge in [-0.2, -0.15) is 0 Å². The lowest BCUT2D eigenvalue weighted by Gasteiger charge is -2.35. The van der Waals surface area contributed by atoms with Crippen LogP contribution >= 0.6 is 0 Å². The minimum Gasteiger partial charge on any atom is -0.444 e. The van der Waals surface area contributed by atoms with Crippen molar-refractivity contribution in [3.8, 4) is 0 Å². The molecule has 1 N–H and O–H groups in total. The molecule has 0 spiro atoms. The summed E-state index contributed by atoms with van der Waals surface area (Å²) in [7, 11) is 0. The first-order chi connectivity index (χ1) is 9.83. The van der Waals surface area contributed by atoms with E-state index in [2.05, 4.69) is 13.8 Å². The van der Waals surface area contributed by atoms with Crippen molar-refractivity contribution >= 4 is 6.09 Å². The number of rotatable bonds is 4. The molecule has 1 fully saturated rings. The summed E-state index contributed by atoms with van der Waals surface area (Å²) < 4.78 is 11.7. The van der Waals surface area contributed by atoms with Crippen molar-refractivity contribution < 1.29 is 19.4 Å². The SMILES string of the molecule is CC(C)CC1[C@H](CC(C)O)OC(C)(C)N1C(=O)OC(C)(C)C. The van der Waals surface area contributed by atoms with Crippen molar-refractivity contribution in [1.82, 2.24) is 4.90 Å². The molecule has 5 nitrogen and oxygen atoms in total. The third-order valence-corrected chi connectivity index (χ3v) is 3.66. The van der Waals surface area contributed by atoms with E-state index in [1.165, 1.54) is 0 Å². The number of nitrogens with zero attached hydrogens (tertiary/aromatic N) is 1. The molecule has 1 heterocycles. The van der Waals surface area contributed by atoms with Crippen molar-refractivity contribution in [2.75, 3.05) is 0 Å². The number of ether oxygens (including phenoxy) is 2. The lowest BCUT2D eigenvalue weighted by Crippen LogP contribution is -2.50. The van der Waals surface area contributed by atoms with Gasteiger partial charge in [-0.25, -0.2) is 4.79 Å². The number of hydrogen-bond acceptors (Lipinski definition) is 4. The second kappa shape index (κ2) is 6.75. The largest absolute Gasteiger partial charge is 0.444 e. The fourth-order valence-corrected chi connectivity index (χ4v) is 3.02. The zero-order chi connectivity index (χ0) is 17.3. The number of amides is 1. The Morgan fingerprint density at radius 3 is 2.23 bits per heavy atom. The van der Waals surface area contributed by atoms with Gasteiger partial charge in [-0.05, 0) is 53.9 Å². The molecule has 22 heavy (non-hydrogen) atoms. The van der Waals surface area contributed by atoms with E-state index in [-0.39, 0.29) is 18.2 Å². The van der Waals surface area contributed by atoms with Crippen LogP contribution in [0, 0.1) is 5.92 Å². The van der Waals surface area contributed by atoms with Crippen molar-refractivity contribution in [2.45, 2.75) is 97.8 Å². The van der Waals surface area contributed by atoms with Gasteiger partial charge in [-0.3, -0.25) is 4.90 Å². The molecule has 1 amide bonds. The molecule has 0 radical (unpaired) electrons. The molecule has 1 saturated heterocycles. The van der Waals surface area contributed by atoms with Crippen LogP contribution in [0.25, 0.3) is 0 Å². The summed E-state index contributed by atoms with van der Waals surface area (Å²) in [5.74, 6) is 0.420. The van der Waals surface area contributed by atoms with Crippen LogP contribution in [0.3, 0.4) is 0 Å². The summed E-state index contributed by atoms with van der Waals surface area (Å²) >= 11 is 0. The van der Waals surface area contributed by atoms with Gasteiger partial charge in [0.25, 0.3) is 0 Å². The summed E-state index contributed by atoms with van der Waals surface area (Å²) in [6, 6.07) is -0.0838. The molecular formula is C17H33NO4. The number of aliphatic hydroxyl groups is 1. The topological polar surface area (TPSA) is 59.0 Å². The molecule has 1 aliphatic rings. The molecule has 0 aromatic carbocycles. The van der Waals surface area contributed by atoms with Crippen LogP contribution in [0.1, 0.15) is 68.2 Å². The normalized spacial score (nSPS) is 26.4. The average molecular weight is 315 g/mol. The molecule has 0 aromatic heterocycles. The van der Waals surface area contributed by atoms with E-state index >= 15 is 0 Å². The summed E-state index contributed by atoms with van der Waals surface area (Å²) in [5, 5.41) is 9.73. The molecule has 0 saturated carbocycles. The van der Waals surface area contributed by atoms with E-state index in [1.54, 1.807) is 11.8 Å². The quantitative estimate of drug-likeness (QED) is 0.862. The fraction of sp³-hybridized carbons (Fsp3) is 0.941. The minimum atomic E-state index is -0.735. The standard InChI is InChI=1S/C17H33NO4/c1-11(2)9-13-14(10-12(3)19)21-17(7,8)18(13)15(20)22-16(4,5)6/h11-14,19H,9-10H2,1-8H3/t12?,13?,14-/m0/s1. The minimum absolute atomic E-state index is 0.0838. The molecular weight excluding hydrogens is 282 g/mol. The lowest BCUT2D eigenvalue weighted by molar-refractivity contribution is -0.0842. The second-order valence-corrected chi connectivity index (χ2v) is 8.24. The first-order valence-corrected chi connectivity index (χ1v) is 8.21. The van der Waals surface area contributed by atoms with Crippen LogP contribution < -0.4 is 0 Å². The fourth-order valence-electron chi connectivity index (χ4n) is 3.02. The van der Waals surface area contributed by atoms with Crippen molar-refractivity contribution in [3.05, 3.63) is 0 Å². The van der Waals surface area contributed by atoms with Crippen LogP contribution in [0.2, 0.25) is 0 Å². The van der Waals surface area contributed by atoms with E-state index in [1.807, 2.05) is 34.6 Å². The van der Waals surface area contributed by atoms with Gasteiger partial charge in [0.15, 0.2) is 0 Å². The predicted molar refractivity (Wildman–Crippen MR) is 86.6 cm³/mol. The molecule has 1 aliphatic heterocycles. The van der Waals surface area contributed by atoms with Crippen LogP contribution in [0.15, 0.2) is 0 Å². The Morgan fingerprint density at radius 2 is 1.82 bits per heavy atom. The number of carbonyl (C=O) groups excluding carboxylic acids is 1.